The van der Waals surface area contributed by atoms with Crippen molar-refractivity contribution in [1.82, 2.24) is 10.3 Å². The summed E-state index contributed by atoms with van der Waals surface area (Å²) in [5.74, 6) is 1.01. The highest BCUT2D eigenvalue weighted by Gasteiger charge is 2.15. The van der Waals surface area contributed by atoms with Crippen LogP contribution in [0.2, 0.25) is 0 Å². The number of oxazole rings is 1. The summed E-state index contributed by atoms with van der Waals surface area (Å²) in [4.78, 5) is 16.1. The predicted octanol–water partition coefficient (Wildman–Crippen LogP) is 2.50. The Morgan fingerprint density at radius 2 is 2.38 bits per heavy atom. The van der Waals surface area contributed by atoms with Crippen molar-refractivity contribution in [3.05, 3.63) is 42.4 Å². The first-order valence-electron chi connectivity index (χ1n) is 7.18. The molecular weight excluding hydrogens is 268 g/mol. The van der Waals surface area contributed by atoms with Gasteiger partial charge in [0, 0.05) is 24.3 Å². The molecule has 0 radical (unpaired) electrons. The summed E-state index contributed by atoms with van der Waals surface area (Å²) in [6, 6.07) is 7.35. The van der Waals surface area contributed by atoms with Gasteiger partial charge in [-0.15, -0.1) is 0 Å². The zero-order valence-corrected chi connectivity index (χ0v) is 11.7. The van der Waals surface area contributed by atoms with Crippen LogP contribution in [0.1, 0.15) is 23.2 Å². The van der Waals surface area contributed by atoms with Crippen LogP contribution >= 0.6 is 0 Å². The molecule has 1 atom stereocenters. The van der Waals surface area contributed by atoms with Crippen molar-refractivity contribution in [1.29, 1.82) is 0 Å². The van der Waals surface area contributed by atoms with E-state index in [0.29, 0.717) is 23.8 Å². The minimum atomic E-state index is -0.0676. The van der Waals surface area contributed by atoms with Crippen molar-refractivity contribution in [2.75, 3.05) is 19.8 Å². The first-order valence-corrected chi connectivity index (χ1v) is 7.18. The number of ether oxygens (including phenoxy) is 1. The van der Waals surface area contributed by atoms with E-state index in [1.165, 1.54) is 6.39 Å². The Morgan fingerprint density at radius 1 is 1.43 bits per heavy atom. The Hall–Kier alpha value is -2.14. The molecule has 1 saturated heterocycles. The number of hydrogen-bond donors (Lipinski definition) is 1. The second-order valence-electron chi connectivity index (χ2n) is 5.24. The number of rotatable bonds is 4. The third-order valence-electron chi connectivity index (χ3n) is 3.65. The molecule has 1 aromatic carbocycles. The van der Waals surface area contributed by atoms with Crippen LogP contribution in [0.5, 0.6) is 0 Å². The molecule has 21 heavy (non-hydrogen) atoms. The van der Waals surface area contributed by atoms with E-state index in [1.54, 1.807) is 12.3 Å². The van der Waals surface area contributed by atoms with Crippen LogP contribution in [-0.4, -0.2) is 30.6 Å². The number of carbonyl (C=O) groups excluding carboxylic acids is 1. The maximum absolute atomic E-state index is 12.2. The van der Waals surface area contributed by atoms with Crippen LogP contribution in [-0.2, 0) is 4.74 Å². The monoisotopic (exact) mass is 286 g/mol. The number of carbonyl (C=O) groups is 1. The molecule has 0 saturated carbocycles. The first-order chi connectivity index (χ1) is 10.3. The maximum Gasteiger partial charge on any atom is 0.251 e. The molecule has 5 nitrogen and oxygen atoms in total. The summed E-state index contributed by atoms with van der Waals surface area (Å²) in [5.41, 5.74) is 1.47. The van der Waals surface area contributed by atoms with E-state index in [4.69, 9.17) is 9.15 Å². The van der Waals surface area contributed by atoms with Gasteiger partial charge in [0.1, 0.15) is 0 Å². The van der Waals surface area contributed by atoms with E-state index < -0.39 is 0 Å². The summed E-state index contributed by atoms with van der Waals surface area (Å²) in [6.45, 7) is 2.23. The number of amides is 1. The Kier molecular flexibility index (Phi) is 4.31. The molecule has 2 aromatic rings. The number of hydrogen-bond acceptors (Lipinski definition) is 4. The predicted molar refractivity (Wildman–Crippen MR) is 77.8 cm³/mol. The van der Waals surface area contributed by atoms with E-state index in [2.05, 4.69) is 10.3 Å². The van der Waals surface area contributed by atoms with Gasteiger partial charge in [0.2, 0.25) is 0 Å². The Bertz CT molecular complexity index is 589. The van der Waals surface area contributed by atoms with Gasteiger partial charge < -0.3 is 14.5 Å². The van der Waals surface area contributed by atoms with Crippen molar-refractivity contribution in [2.24, 2.45) is 5.92 Å². The summed E-state index contributed by atoms with van der Waals surface area (Å²) >= 11 is 0. The lowest BCUT2D eigenvalue weighted by Gasteiger charge is -2.22. The first kappa shape index (κ1) is 13.8. The second kappa shape index (κ2) is 6.54. The van der Waals surface area contributed by atoms with Crippen LogP contribution in [0, 0.1) is 5.92 Å². The van der Waals surface area contributed by atoms with Gasteiger partial charge in [-0.25, -0.2) is 4.98 Å². The van der Waals surface area contributed by atoms with Crippen molar-refractivity contribution < 1.29 is 13.9 Å². The van der Waals surface area contributed by atoms with E-state index in [9.17, 15) is 4.79 Å². The van der Waals surface area contributed by atoms with Gasteiger partial charge in [-0.1, -0.05) is 12.1 Å². The minimum Gasteiger partial charge on any atom is -0.444 e. The number of nitrogens with one attached hydrogen (secondary N) is 1. The summed E-state index contributed by atoms with van der Waals surface area (Å²) in [6.07, 6.45) is 5.20. The van der Waals surface area contributed by atoms with E-state index in [-0.39, 0.29) is 5.91 Å². The molecule has 1 aliphatic heterocycles. The van der Waals surface area contributed by atoms with Gasteiger partial charge >= 0.3 is 0 Å². The number of aromatic nitrogens is 1. The van der Waals surface area contributed by atoms with Gasteiger partial charge in [0.25, 0.3) is 5.91 Å². The van der Waals surface area contributed by atoms with Gasteiger partial charge in [-0.3, -0.25) is 4.79 Å². The van der Waals surface area contributed by atoms with Gasteiger partial charge in [0.05, 0.1) is 12.8 Å². The SMILES string of the molecule is O=C(NC[C@H]1CCCOC1)c1cccc(-c2cnco2)c1. The third-order valence-corrected chi connectivity index (χ3v) is 3.65. The lowest BCUT2D eigenvalue weighted by atomic mass is 10.0. The van der Waals surface area contributed by atoms with Crippen LogP contribution in [0.3, 0.4) is 0 Å². The fraction of sp³-hybridized carbons (Fsp3) is 0.375. The molecule has 5 heteroatoms. The van der Waals surface area contributed by atoms with E-state index >= 15 is 0 Å². The van der Waals surface area contributed by atoms with E-state index in [0.717, 1.165) is 31.6 Å². The molecular formula is C16H18N2O3. The Morgan fingerprint density at radius 3 is 3.14 bits per heavy atom. The van der Waals surface area contributed by atoms with Gasteiger partial charge in [-0.2, -0.15) is 0 Å². The Labute approximate surface area is 123 Å². The summed E-state index contributed by atoms with van der Waals surface area (Å²) in [5, 5.41) is 2.98. The molecule has 1 N–H and O–H groups in total. The minimum absolute atomic E-state index is 0.0676. The highest BCUT2D eigenvalue weighted by atomic mass is 16.5. The van der Waals surface area contributed by atoms with Crippen LogP contribution in [0.4, 0.5) is 0 Å². The topological polar surface area (TPSA) is 64.4 Å². The molecule has 1 aliphatic rings. The fourth-order valence-electron chi connectivity index (χ4n) is 2.48. The molecule has 1 fully saturated rings. The zero-order valence-electron chi connectivity index (χ0n) is 11.7. The standard InChI is InChI=1S/C16H18N2O3/c19-16(18-8-12-3-2-6-20-10-12)14-5-1-4-13(7-14)15-9-17-11-21-15/h1,4-5,7,9,11-12H,2-3,6,8,10H2,(H,18,19)/t12-/m1/s1. The number of benzene rings is 1. The molecule has 0 aliphatic carbocycles. The maximum atomic E-state index is 12.2. The average Bonchev–Trinajstić information content (AvgIpc) is 3.08. The molecule has 1 aromatic heterocycles. The molecule has 0 spiro atoms. The highest BCUT2D eigenvalue weighted by molar-refractivity contribution is 5.95. The van der Waals surface area contributed by atoms with Crippen LogP contribution < -0.4 is 5.32 Å². The molecule has 3 rings (SSSR count). The molecule has 2 heterocycles. The fourth-order valence-corrected chi connectivity index (χ4v) is 2.48. The second-order valence-corrected chi connectivity index (χ2v) is 5.24. The van der Waals surface area contributed by atoms with Crippen molar-refractivity contribution in [3.8, 4) is 11.3 Å². The lowest BCUT2D eigenvalue weighted by Crippen LogP contribution is -2.33. The van der Waals surface area contributed by atoms with Gasteiger partial charge in [-0.05, 0) is 30.9 Å². The third kappa shape index (κ3) is 3.49. The molecule has 0 unspecified atom stereocenters. The largest absolute Gasteiger partial charge is 0.444 e. The summed E-state index contributed by atoms with van der Waals surface area (Å²) < 4.78 is 10.7. The number of nitrogens with zero attached hydrogens (tertiary/aromatic N) is 1. The van der Waals surface area contributed by atoms with Crippen LogP contribution in [0.25, 0.3) is 11.3 Å². The lowest BCUT2D eigenvalue weighted by molar-refractivity contribution is 0.0536. The Balaban J connectivity index is 1.63. The normalized spacial score (nSPS) is 18.4. The summed E-state index contributed by atoms with van der Waals surface area (Å²) in [7, 11) is 0. The van der Waals surface area contributed by atoms with E-state index in [1.807, 2.05) is 18.2 Å². The molecule has 1 amide bonds. The van der Waals surface area contributed by atoms with Gasteiger partial charge in [0.15, 0.2) is 12.2 Å². The van der Waals surface area contributed by atoms with Crippen molar-refractivity contribution in [3.63, 3.8) is 0 Å². The smallest absolute Gasteiger partial charge is 0.251 e. The van der Waals surface area contributed by atoms with Crippen LogP contribution in [0.15, 0.2) is 41.3 Å². The van der Waals surface area contributed by atoms with Crippen molar-refractivity contribution in [2.45, 2.75) is 12.8 Å². The average molecular weight is 286 g/mol. The quantitative estimate of drug-likeness (QED) is 0.938. The molecule has 0 bridgehead atoms. The zero-order chi connectivity index (χ0) is 14.5. The highest BCUT2D eigenvalue weighted by Crippen LogP contribution is 2.19. The van der Waals surface area contributed by atoms with Crippen molar-refractivity contribution >= 4 is 5.91 Å². The molecule has 110 valence electrons.